The number of oxazole rings is 2. The van der Waals surface area contributed by atoms with Gasteiger partial charge in [0, 0.05) is 26.2 Å². The Morgan fingerprint density at radius 3 is 1.60 bits per heavy atom. The number of aromatic nitrogens is 2. The van der Waals surface area contributed by atoms with E-state index in [2.05, 4.69) is 19.8 Å². The quantitative estimate of drug-likeness (QED) is 0.557. The monoisotopic (exact) mass is 334 g/mol. The van der Waals surface area contributed by atoms with E-state index in [1.807, 2.05) is 48.5 Å². The number of para-hydroxylation sites is 4. The Balaban J connectivity index is 1.37. The van der Waals surface area contributed by atoms with Gasteiger partial charge in [-0.15, -0.1) is 0 Å². The third-order valence-electron chi connectivity index (χ3n) is 4.60. The molecule has 5 rings (SSSR count). The summed E-state index contributed by atoms with van der Waals surface area (Å²) in [6.45, 7) is 3.46. The summed E-state index contributed by atoms with van der Waals surface area (Å²) in [5.41, 5.74) is 3.46. The second-order valence-corrected chi connectivity index (χ2v) is 6.26. The van der Waals surface area contributed by atoms with E-state index < -0.39 is 0 Å². The van der Waals surface area contributed by atoms with Crippen LogP contribution in [0.5, 0.6) is 0 Å². The zero-order chi connectivity index (χ0) is 16.6. The normalized spacial score (nSPS) is 15.8. The summed E-state index contributed by atoms with van der Waals surface area (Å²) in [5.74, 6) is 0. The maximum atomic E-state index is 5.91. The topological polar surface area (TPSA) is 58.5 Å². The van der Waals surface area contributed by atoms with Crippen molar-refractivity contribution in [1.82, 2.24) is 9.97 Å². The fourth-order valence-corrected chi connectivity index (χ4v) is 3.29. The number of benzene rings is 2. The molecule has 126 valence electrons. The molecular formula is C19H18N4O2. The van der Waals surface area contributed by atoms with Crippen molar-refractivity contribution in [2.45, 2.75) is 6.42 Å². The molecule has 1 aliphatic rings. The smallest absolute Gasteiger partial charge is 0.298 e. The lowest BCUT2D eigenvalue weighted by Gasteiger charge is -2.19. The highest BCUT2D eigenvalue weighted by atomic mass is 16.4. The molecule has 6 heteroatoms. The SMILES string of the molecule is c1ccc2oc(N3CCCN(c4nc5ccccc5o4)CC3)nc2c1. The molecule has 0 unspecified atom stereocenters. The van der Waals surface area contributed by atoms with Crippen LogP contribution in [0.1, 0.15) is 6.42 Å². The molecule has 0 N–H and O–H groups in total. The highest BCUT2D eigenvalue weighted by Crippen LogP contribution is 2.25. The van der Waals surface area contributed by atoms with Crippen molar-refractivity contribution in [3.05, 3.63) is 48.5 Å². The van der Waals surface area contributed by atoms with Gasteiger partial charge in [-0.3, -0.25) is 0 Å². The van der Waals surface area contributed by atoms with Gasteiger partial charge in [-0.05, 0) is 30.7 Å². The molecule has 2 aromatic carbocycles. The zero-order valence-corrected chi connectivity index (χ0v) is 13.8. The molecule has 2 aromatic heterocycles. The molecule has 0 aliphatic carbocycles. The summed E-state index contributed by atoms with van der Waals surface area (Å²) in [4.78, 5) is 13.6. The fraction of sp³-hybridized carbons (Fsp3) is 0.263. The largest absolute Gasteiger partial charge is 0.423 e. The molecule has 0 atom stereocenters. The molecule has 0 saturated carbocycles. The molecule has 1 fully saturated rings. The van der Waals surface area contributed by atoms with Crippen molar-refractivity contribution in [2.24, 2.45) is 0 Å². The van der Waals surface area contributed by atoms with Crippen LogP contribution in [0, 0.1) is 0 Å². The Kier molecular flexibility index (Phi) is 3.33. The van der Waals surface area contributed by atoms with Gasteiger partial charge in [0.05, 0.1) is 0 Å². The molecule has 0 spiro atoms. The lowest BCUT2D eigenvalue weighted by Crippen LogP contribution is -2.30. The molecule has 3 heterocycles. The molecule has 4 aromatic rings. The second kappa shape index (κ2) is 5.81. The third-order valence-corrected chi connectivity index (χ3v) is 4.60. The van der Waals surface area contributed by atoms with Crippen molar-refractivity contribution in [3.63, 3.8) is 0 Å². The number of nitrogens with zero attached hydrogens (tertiary/aromatic N) is 4. The average molecular weight is 334 g/mol. The number of rotatable bonds is 2. The first kappa shape index (κ1) is 14.3. The first-order valence-corrected chi connectivity index (χ1v) is 8.58. The van der Waals surface area contributed by atoms with Crippen LogP contribution in [0.4, 0.5) is 12.0 Å². The minimum Gasteiger partial charge on any atom is -0.423 e. The second-order valence-electron chi connectivity index (χ2n) is 6.26. The van der Waals surface area contributed by atoms with Gasteiger partial charge in [0.15, 0.2) is 11.2 Å². The van der Waals surface area contributed by atoms with E-state index in [0.717, 1.165) is 54.8 Å². The number of hydrogen-bond acceptors (Lipinski definition) is 6. The van der Waals surface area contributed by atoms with Crippen molar-refractivity contribution >= 4 is 34.2 Å². The van der Waals surface area contributed by atoms with E-state index in [1.54, 1.807) is 0 Å². The van der Waals surface area contributed by atoms with Crippen LogP contribution in [0.3, 0.4) is 0 Å². The molecule has 6 nitrogen and oxygen atoms in total. The van der Waals surface area contributed by atoms with Crippen LogP contribution in [0.25, 0.3) is 22.2 Å². The predicted molar refractivity (Wildman–Crippen MR) is 97.1 cm³/mol. The van der Waals surface area contributed by atoms with Crippen LogP contribution in [-0.2, 0) is 0 Å². The minimum atomic E-state index is 0.695. The third kappa shape index (κ3) is 2.59. The summed E-state index contributed by atoms with van der Waals surface area (Å²) in [7, 11) is 0. The zero-order valence-electron chi connectivity index (χ0n) is 13.8. The Hall–Kier alpha value is -3.02. The van der Waals surface area contributed by atoms with Crippen LogP contribution in [0.2, 0.25) is 0 Å². The van der Waals surface area contributed by atoms with Gasteiger partial charge in [-0.25, -0.2) is 0 Å². The van der Waals surface area contributed by atoms with Crippen LogP contribution in [-0.4, -0.2) is 36.1 Å². The van der Waals surface area contributed by atoms with Gasteiger partial charge < -0.3 is 18.6 Å². The first-order chi connectivity index (χ1) is 12.4. The first-order valence-electron chi connectivity index (χ1n) is 8.58. The molecule has 0 radical (unpaired) electrons. The standard InChI is InChI=1S/C19H18N4O2/c1-3-8-16-14(6-1)20-18(24-16)22-10-5-11-23(13-12-22)19-21-15-7-2-4-9-17(15)25-19/h1-4,6-9H,5,10-13H2. The maximum Gasteiger partial charge on any atom is 0.298 e. The van der Waals surface area contributed by atoms with Gasteiger partial charge in [0.2, 0.25) is 0 Å². The Bertz CT molecular complexity index is 874. The number of hydrogen-bond donors (Lipinski definition) is 0. The van der Waals surface area contributed by atoms with Crippen molar-refractivity contribution < 1.29 is 8.83 Å². The van der Waals surface area contributed by atoms with E-state index in [1.165, 1.54) is 0 Å². The van der Waals surface area contributed by atoms with Gasteiger partial charge in [0.25, 0.3) is 12.0 Å². The summed E-state index contributed by atoms with van der Waals surface area (Å²) < 4.78 is 11.8. The molecule has 0 bridgehead atoms. The van der Waals surface area contributed by atoms with Gasteiger partial charge in [0.1, 0.15) is 11.0 Å². The Morgan fingerprint density at radius 1 is 0.640 bits per heavy atom. The highest BCUT2D eigenvalue weighted by molar-refractivity contribution is 5.75. The summed E-state index contributed by atoms with van der Waals surface area (Å²) in [5, 5.41) is 0. The van der Waals surface area contributed by atoms with Crippen molar-refractivity contribution in [3.8, 4) is 0 Å². The van der Waals surface area contributed by atoms with E-state index in [0.29, 0.717) is 12.0 Å². The van der Waals surface area contributed by atoms with Crippen LogP contribution < -0.4 is 9.80 Å². The predicted octanol–water partition coefficient (Wildman–Crippen LogP) is 3.69. The average Bonchev–Trinajstić information content (AvgIpc) is 3.19. The van der Waals surface area contributed by atoms with Crippen LogP contribution in [0.15, 0.2) is 57.4 Å². The molecule has 1 aliphatic heterocycles. The van der Waals surface area contributed by atoms with Gasteiger partial charge in [-0.1, -0.05) is 24.3 Å². The van der Waals surface area contributed by atoms with Gasteiger partial charge >= 0.3 is 0 Å². The molecular weight excluding hydrogens is 316 g/mol. The van der Waals surface area contributed by atoms with E-state index in [4.69, 9.17) is 8.83 Å². The minimum absolute atomic E-state index is 0.695. The van der Waals surface area contributed by atoms with Crippen molar-refractivity contribution in [1.29, 1.82) is 0 Å². The Morgan fingerprint density at radius 2 is 1.12 bits per heavy atom. The number of fused-ring (bicyclic) bond motifs is 2. The lowest BCUT2D eigenvalue weighted by atomic mass is 10.3. The lowest BCUT2D eigenvalue weighted by molar-refractivity contribution is 0.565. The van der Waals surface area contributed by atoms with Gasteiger partial charge in [-0.2, -0.15) is 9.97 Å². The summed E-state index contributed by atoms with van der Waals surface area (Å²) in [6, 6.07) is 17.1. The fourth-order valence-electron chi connectivity index (χ4n) is 3.29. The van der Waals surface area contributed by atoms with Crippen molar-refractivity contribution in [2.75, 3.05) is 36.0 Å². The summed E-state index contributed by atoms with van der Waals surface area (Å²) >= 11 is 0. The number of anilines is 2. The highest BCUT2D eigenvalue weighted by Gasteiger charge is 2.22. The molecule has 1 saturated heterocycles. The van der Waals surface area contributed by atoms with E-state index in [-0.39, 0.29) is 0 Å². The molecule has 0 amide bonds. The molecule has 25 heavy (non-hydrogen) atoms. The Labute approximate surface area is 144 Å². The maximum absolute atomic E-state index is 5.91. The van der Waals surface area contributed by atoms with E-state index in [9.17, 15) is 0 Å². The van der Waals surface area contributed by atoms with E-state index >= 15 is 0 Å². The summed E-state index contributed by atoms with van der Waals surface area (Å²) in [6.07, 6.45) is 0.997. The van der Waals surface area contributed by atoms with Crippen LogP contribution >= 0.6 is 0 Å².